The summed E-state index contributed by atoms with van der Waals surface area (Å²) in [4.78, 5) is 0.173. The van der Waals surface area contributed by atoms with Crippen LogP contribution in [0.2, 0.25) is 0 Å². The fourth-order valence-electron chi connectivity index (χ4n) is 2.47. The number of nitrogens with one attached hydrogen (secondary N) is 1. The summed E-state index contributed by atoms with van der Waals surface area (Å²) in [5, 5.41) is 0. The average molecular weight is 399 g/mol. The van der Waals surface area contributed by atoms with Gasteiger partial charge in [0.2, 0.25) is 20.0 Å². The molecule has 26 heavy (non-hydrogen) atoms. The first-order chi connectivity index (χ1) is 12.1. The first-order valence-corrected chi connectivity index (χ1v) is 11.2. The van der Waals surface area contributed by atoms with E-state index >= 15 is 0 Å². The van der Waals surface area contributed by atoms with Crippen molar-refractivity contribution in [2.75, 3.05) is 30.8 Å². The molecule has 7 nitrogen and oxygen atoms in total. The predicted molar refractivity (Wildman–Crippen MR) is 102 cm³/mol. The molecule has 0 aromatic heterocycles. The van der Waals surface area contributed by atoms with Gasteiger partial charge < -0.3 is 4.74 Å². The smallest absolute Gasteiger partial charge is 0.240 e. The Balaban J connectivity index is 2.17. The number of ether oxygens (including phenoxy) is 1. The van der Waals surface area contributed by atoms with Crippen molar-refractivity contribution in [1.29, 1.82) is 0 Å². The standard InChI is InChI=1S/C17H22N2O5S2/c1-14-7-4-5-10-17(14)26(22,23)18-11-12-19(25(3,20)21)15-8-6-9-16(13-15)24-2/h4-10,13,18H,11-12H2,1-3H3. The summed E-state index contributed by atoms with van der Waals surface area (Å²) < 4.78 is 57.8. The third-order valence-electron chi connectivity index (χ3n) is 3.73. The number of methoxy groups -OCH3 is 1. The molecular weight excluding hydrogens is 376 g/mol. The van der Waals surface area contributed by atoms with Crippen molar-refractivity contribution in [2.24, 2.45) is 0 Å². The van der Waals surface area contributed by atoms with E-state index in [-0.39, 0.29) is 18.0 Å². The van der Waals surface area contributed by atoms with Crippen LogP contribution in [0.3, 0.4) is 0 Å². The molecule has 0 bridgehead atoms. The third kappa shape index (κ3) is 4.96. The molecule has 1 N–H and O–H groups in total. The van der Waals surface area contributed by atoms with E-state index in [2.05, 4.69) is 4.72 Å². The van der Waals surface area contributed by atoms with Crippen molar-refractivity contribution in [3.8, 4) is 5.75 Å². The normalized spacial score (nSPS) is 12.0. The van der Waals surface area contributed by atoms with E-state index in [9.17, 15) is 16.8 Å². The van der Waals surface area contributed by atoms with Gasteiger partial charge in [0.1, 0.15) is 5.75 Å². The van der Waals surface area contributed by atoms with Gasteiger partial charge in [0.25, 0.3) is 0 Å². The number of sulfonamides is 2. The monoisotopic (exact) mass is 398 g/mol. The van der Waals surface area contributed by atoms with Crippen LogP contribution in [0.5, 0.6) is 5.75 Å². The van der Waals surface area contributed by atoms with E-state index in [1.165, 1.54) is 13.2 Å². The Hall–Kier alpha value is -2.10. The number of aryl methyl sites for hydroxylation is 1. The molecule has 0 spiro atoms. The Morgan fingerprint density at radius 3 is 2.35 bits per heavy atom. The number of hydrogen-bond donors (Lipinski definition) is 1. The summed E-state index contributed by atoms with van der Waals surface area (Å²) in [5.74, 6) is 0.511. The first-order valence-electron chi connectivity index (χ1n) is 7.82. The average Bonchev–Trinajstić information content (AvgIpc) is 2.58. The number of anilines is 1. The largest absolute Gasteiger partial charge is 0.497 e. The summed E-state index contributed by atoms with van der Waals surface area (Å²) in [5.41, 5.74) is 1.02. The van der Waals surface area contributed by atoms with Gasteiger partial charge in [-0.25, -0.2) is 21.6 Å². The third-order valence-corrected chi connectivity index (χ3v) is 6.55. The zero-order chi connectivity index (χ0) is 19.4. The van der Waals surface area contributed by atoms with E-state index < -0.39 is 20.0 Å². The van der Waals surface area contributed by atoms with Gasteiger partial charge in [0.05, 0.1) is 23.9 Å². The second kappa shape index (κ2) is 8.07. The summed E-state index contributed by atoms with van der Waals surface area (Å²) in [6.07, 6.45) is 1.07. The van der Waals surface area contributed by atoms with Crippen LogP contribution in [-0.2, 0) is 20.0 Å². The van der Waals surface area contributed by atoms with Gasteiger partial charge in [-0.3, -0.25) is 4.31 Å². The lowest BCUT2D eigenvalue weighted by molar-refractivity contribution is 0.415. The highest BCUT2D eigenvalue weighted by Gasteiger charge is 2.20. The molecule has 0 radical (unpaired) electrons. The highest BCUT2D eigenvalue weighted by atomic mass is 32.2. The van der Waals surface area contributed by atoms with Crippen LogP contribution < -0.4 is 13.8 Å². The van der Waals surface area contributed by atoms with Crippen LogP contribution in [0.1, 0.15) is 5.56 Å². The van der Waals surface area contributed by atoms with Crippen molar-refractivity contribution in [3.05, 3.63) is 54.1 Å². The fraction of sp³-hybridized carbons (Fsp3) is 0.294. The molecule has 0 aliphatic heterocycles. The highest BCUT2D eigenvalue weighted by Crippen LogP contribution is 2.22. The second-order valence-electron chi connectivity index (χ2n) is 5.70. The molecule has 0 heterocycles. The molecule has 0 aliphatic rings. The Kier molecular flexibility index (Phi) is 6.27. The highest BCUT2D eigenvalue weighted by molar-refractivity contribution is 7.92. The molecule has 9 heteroatoms. The maximum Gasteiger partial charge on any atom is 0.240 e. The molecule has 0 atom stereocenters. The lowest BCUT2D eigenvalue weighted by atomic mass is 10.2. The van der Waals surface area contributed by atoms with Gasteiger partial charge in [0.15, 0.2) is 0 Å². The number of rotatable bonds is 8. The zero-order valence-electron chi connectivity index (χ0n) is 14.8. The Morgan fingerprint density at radius 1 is 1.04 bits per heavy atom. The van der Waals surface area contributed by atoms with Crippen LogP contribution in [0.25, 0.3) is 0 Å². The van der Waals surface area contributed by atoms with Crippen molar-refractivity contribution in [3.63, 3.8) is 0 Å². The Bertz CT molecular complexity index is 972. The number of hydrogen-bond acceptors (Lipinski definition) is 5. The quantitative estimate of drug-likeness (QED) is 0.731. The predicted octanol–water partition coefficient (Wildman–Crippen LogP) is 1.75. The van der Waals surface area contributed by atoms with E-state index in [1.807, 2.05) is 0 Å². The van der Waals surface area contributed by atoms with Gasteiger partial charge in [-0.15, -0.1) is 0 Å². The minimum absolute atomic E-state index is 0.0445. The van der Waals surface area contributed by atoms with Gasteiger partial charge in [-0.05, 0) is 30.7 Å². The van der Waals surface area contributed by atoms with Gasteiger partial charge >= 0.3 is 0 Å². The molecule has 0 fully saturated rings. The summed E-state index contributed by atoms with van der Waals surface area (Å²) in [7, 11) is -5.83. The summed E-state index contributed by atoms with van der Waals surface area (Å²) >= 11 is 0. The van der Waals surface area contributed by atoms with E-state index in [4.69, 9.17) is 4.74 Å². The van der Waals surface area contributed by atoms with Gasteiger partial charge in [-0.2, -0.15) is 0 Å². The topological polar surface area (TPSA) is 92.8 Å². The molecule has 2 rings (SSSR count). The van der Waals surface area contributed by atoms with Crippen molar-refractivity contribution in [1.82, 2.24) is 4.72 Å². The summed E-state index contributed by atoms with van der Waals surface area (Å²) in [6, 6.07) is 13.2. The molecule has 142 valence electrons. The summed E-state index contributed by atoms with van der Waals surface area (Å²) in [6.45, 7) is 1.59. The van der Waals surface area contributed by atoms with Crippen LogP contribution in [0, 0.1) is 6.92 Å². The van der Waals surface area contributed by atoms with E-state index in [0.717, 1.165) is 10.6 Å². The van der Waals surface area contributed by atoms with Crippen LogP contribution in [0.15, 0.2) is 53.4 Å². The second-order valence-corrected chi connectivity index (χ2v) is 9.34. The first kappa shape index (κ1) is 20.2. The Morgan fingerprint density at radius 2 is 1.73 bits per heavy atom. The minimum atomic E-state index is -3.72. The maximum atomic E-state index is 12.4. The van der Waals surface area contributed by atoms with Crippen molar-refractivity contribution < 1.29 is 21.6 Å². The minimum Gasteiger partial charge on any atom is -0.497 e. The maximum absolute atomic E-state index is 12.4. The SMILES string of the molecule is COc1cccc(N(CCNS(=O)(=O)c2ccccc2C)S(C)(=O)=O)c1. The van der Waals surface area contributed by atoms with Crippen LogP contribution in [-0.4, -0.2) is 43.3 Å². The Labute approximate surface area is 154 Å². The molecule has 0 unspecified atom stereocenters. The van der Waals surface area contributed by atoms with Crippen molar-refractivity contribution >= 4 is 25.7 Å². The van der Waals surface area contributed by atoms with Crippen LogP contribution in [0.4, 0.5) is 5.69 Å². The lowest BCUT2D eigenvalue weighted by Gasteiger charge is -2.23. The number of nitrogens with zero attached hydrogens (tertiary/aromatic N) is 1. The lowest BCUT2D eigenvalue weighted by Crippen LogP contribution is -2.38. The molecule has 0 saturated carbocycles. The van der Waals surface area contributed by atoms with Gasteiger partial charge in [-0.1, -0.05) is 24.3 Å². The van der Waals surface area contributed by atoms with E-state index in [0.29, 0.717) is 17.0 Å². The molecule has 0 amide bonds. The molecule has 2 aromatic carbocycles. The van der Waals surface area contributed by atoms with Crippen molar-refractivity contribution in [2.45, 2.75) is 11.8 Å². The van der Waals surface area contributed by atoms with Crippen LogP contribution >= 0.6 is 0 Å². The molecular formula is C17H22N2O5S2. The zero-order valence-corrected chi connectivity index (χ0v) is 16.5. The molecule has 2 aromatic rings. The van der Waals surface area contributed by atoms with E-state index in [1.54, 1.807) is 49.4 Å². The molecule has 0 aliphatic carbocycles. The fourth-order valence-corrected chi connectivity index (χ4v) is 4.65. The number of benzene rings is 2. The van der Waals surface area contributed by atoms with Gasteiger partial charge in [0, 0.05) is 19.2 Å². The molecule has 0 saturated heterocycles.